The maximum Gasteiger partial charge on any atom is 0.408 e. The van der Waals surface area contributed by atoms with Crippen molar-refractivity contribution in [2.75, 3.05) is 6.54 Å². The highest BCUT2D eigenvalue weighted by molar-refractivity contribution is 5.88. The van der Waals surface area contributed by atoms with Crippen molar-refractivity contribution in [1.29, 1.82) is 0 Å². The van der Waals surface area contributed by atoms with Crippen molar-refractivity contribution in [2.45, 2.75) is 13.5 Å². The molecule has 0 aromatic heterocycles. The highest BCUT2D eigenvalue weighted by Gasteiger charge is 2.04. The van der Waals surface area contributed by atoms with E-state index in [1.165, 1.54) is 6.07 Å². The van der Waals surface area contributed by atoms with Gasteiger partial charge in [-0.05, 0) is 36.2 Å². The summed E-state index contributed by atoms with van der Waals surface area (Å²) in [6.07, 6.45) is -0.536. The summed E-state index contributed by atoms with van der Waals surface area (Å²) in [6, 6.07) is 14.1. The molecule has 122 valence electrons. The molecule has 2 rings (SSSR count). The van der Waals surface area contributed by atoms with Crippen LogP contribution in [0.15, 0.2) is 48.5 Å². The molecule has 0 fully saturated rings. The zero-order valence-electron chi connectivity index (χ0n) is 13.2. The maximum atomic E-state index is 11.5. The minimum atomic E-state index is -0.972. The average Bonchev–Trinajstić information content (AvgIpc) is 2.58. The third-order valence-corrected chi connectivity index (χ3v) is 3.23. The van der Waals surface area contributed by atoms with Crippen LogP contribution in [-0.4, -0.2) is 23.7 Å². The number of amides is 1. The van der Waals surface area contributed by atoms with E-state index in [1.54, 1.807) is 19.1 Å². The molecule has 2 aromatic carbocycles. The van der Waals surface area contributed by atoms with E-state index in [0.29, 0.717) is 0 Å². The van der Waals surface area contributed by atoms with Crippen LogP contribution >= 0.6 is 0 Å². The molecule has 0 atom stereocenters. The summed E-state index contributed by atoms with van der Waals surface area (Å²) < 4.78 is 5.06. The van der Waals surface area contributed by atoms with Gasteiger partial charge in [0.05, 0.1) is 12.1 Å². The zero-order chi connectivity index (χ0) is 17.4. The second-order valence-corrected chi connectivity index (χ2v) is 5.05. The van der Waals surface area contributed by atoms with Crippen molar-refractivity contribution in [2.24, 2.45) is 0 Å². The summed E-state index contributed by atoms with van der Waals surface area (Å²) in [5.41, 5.74) is 2.63. The number of alkyl carbamates (subject to hydrolysis) is 1. The number of carbonyl (C=O) groups excluding carboxylic acids is 1. The quantitative estimate of drug-likeness (QED) is 0.848. The van der Waals surface area contributed by atoms with Gasteiger partial charge in [0.25, 0.3) is 0 Å². The maximum absolute atomic E-state index is 11.5. The van der Waals surface area contributed by atoms with Gasteiger partial charge in [-0.3, -0.25) is 0 Å². The Morgan fingerprint density at radius 1 is 1.17 bits per heavy atom. The minimum Gasteiger partial charge on any atom is -0.478 e. The van der Waals surface area contributed by atoms with E-state index in [-0.39, 0.29) is 18.7 Å². The highest BCUT2D eigenvalue weighted by atomic mass is 16.5. The molecule has 2 N–H and O–H groups in total. The summed E-state index contributed by atoms with van der Waals surface area (Å²) in [4.78, 5) is 22.4. The fraction of sp³-hybridized carbons (Fsp3) is 0.158. The Balaban J connectivity index is 1.81. The molecule has 2 aromatic rings. The molecule has 5 heteroatoms. The summed E-state index contributed by atoms with van der Waals surface area (Å²) in [5, 5.41) is 11.5. The first kappa shape index (κ1) is 17.1. The van der Waals surface area contributed by atoms with Gasteiger partial charge in [0.1, 0.15) is 6.61 Å². The Kier molecular flexibility index (Phi) is 5.98. The molecule has 0 radical (unpaired) electrons. The number of ether oxygens (including phenoxy) is 1. The first-order valence-electron chi connectivity index (χ1n) is 7.33. The fourth-order valence-electron chi connectivity index (χ4n) is 1.97. The predicted octanol–water partition coefficient (Wildman–Crippen LogP) is 2.97. The van der Waals surface area contributed by atoms with Crippen LogP contribution in [0.3, 0.4) is 0 Å². The number of hydrogen-bond acceptors (Lipinski definition) is 3. The molecule has 0 bridgehead atoms. The molecule has 0 unspecified atom stereocenters. The Bertz CT molecular complexity index is 788. The molecule has 0 spiro atoms. The normalized spacial score (nSPS) is 9.54. The highest BCUT2D eigenvalue weighted by Crippen LogP contribution is 2.09. The van der Waals surface area contributed by atoms with E-state index >= 15 is 0 Å². The zero-order valence-corrected chi connectivity index (χ0v) is 13.2. The van der Waals surface area contributed by atoms with Crippen molar-refractivity contribution < 1.29 is 19.4 Å². The fourth-order valence-corrected chi connectivity index (χ4v) is 1.97. The van der Waals surface area contributed by atoms with Crippen molar-refractivity contribution in [3.05, 3.63) is 70.8 Å². The molecule has 5 nitrogen and oxygen atoms in total. The Morgan fingerprint density at radius 2 is 1.92 bits per heavy atom. The van der Waals surface area contributed by atoms with Crippen molar-refractivity contribution >= 4 is 12.1 Å². The average molecular weight is 323 g/mol. The van der Waals surface area contributed by atoms with Crippen molar-refractivity contribution in [3.63, 3.8) is 0 Å². The SMILES string of the molecule is Cc1cc(C(=O)O)ccc1C#CCNC(=O)OCc1ccccc1. The van der Waals surface area contributed by atoms with Crippen LogP contribution in [0.2, 0.25) is 0 Å². The smallest absolute Gasteiger partial charge is 0.408 e. The van der Waals surface area contributed by atoms with Gasteiger partial charge >= 0.3 is 12.1 Å². The van der Waals surface area contributed by atoms with Crippen molar-refractivity contribution in [3.8, 4) is 11.8 Å². The van der Waals surface area contributed by atoms with E-state index in [1.807, 2.05) is 30.3 Å². The number of carboxylic acids is 1. The van der Waals surface area contributed by atoms with E-state index in [0.717, 1.165) is 16.7 Å². The van der Waals surface area contributed by atoms with Gasteiger partial charge in [-0.15, -0.1) is 0 Å². The Hall–Kier alpha value is -3.26. The van der Waals surface area contributed by atoms with E-state index in [9.17, 15) is 9.59 Å². The monoisotopic (exact) mass is 323 g/mol. The van der Waals surface area contributed by atoms with Gasteiger partial charge in [-0.1, -0.05) is 42.2 Å². The van der Waals surface area contributed by atoms with Crippen LogP contribution in [0.25, 0.3) is 0 Å². The molecule has 1 amide bonds. The molecule has 0 saturated carbocycles. The topological polar surface area (TPSA) is 75.6 Å². The lowest BCUT2D eigenvalue weighted by Crippen LogP contribution is -2.24. The van der Waals surface area contributed by atoms with Crippen LogP contribution < -0.4 is 5.32 Å². The third-order valence-electron chi connectivity index (χ3n) is 3.23. The van der Waals surface area contributed by atoms with Crippen LogP contribution in [0.4, 0.5) is 4.79 Å². The van der Waals surface area contributed by atoms with Crippen LogP contribution in [0, 0.1) is 18.8 Å². The molecule has 0 aliphatic heterocycles. The van der Waals surface area contributed by atoms with Gasteiger partial charge in [0, 0.05) is 5.56 Å². The molecule has 0 aliphatic rings. The minimum absolute atomic E-state index is 0.147. The molecular formula is C19H17NO4. The number of carbonyl (C=O) groups is 2. The number of benzene rings is 2. The number of nitrogens with one attached hydrogen (secondary N) is 1. The van der Waals surface area contributed by atoms with Crippen LogP contribution in [0.5, 0.6) is 0 Å². The largest absolute Gasteiger partial charge is 0.478 e. The van der Waals surface area contributed by atoms with Gasteiger partial charge in [-0.25, -0.2) is 9.59 Å². The first-order valence-corrected chi connectivity index (χ1v) is 7.33. The summed E-state index contributed by atoms with van der Waals surface area (Å²) in [6.45, 7) is 2.14. The number of aromatic carboxylic acids is 1. The molecular weight excluding hydrogens is 306 g/mol. The van der Waals surface area contributed by atoms with Gasteiger partial charge in [0.2, 0.25) is 0 Å². The summed E-state index contributed by atoms with van der Waals surface area (Å²) in [5.74, 6) is 4.73. The van der Waals surface area contributed by atoms with Gasteiger partial charge < -0.3 is 15.2 Å². The lowest BCUT2D eigenvalue weighted by Gasteiger charge is -2.04. The summed E-state index contributed by atoms with van der Waals surface area (Å²) >= 11 is 0. The lowest BCUT2D eigenvalue weighted by molar-refractivity contribution is 0.0696. The predicted molar refractivity (Wildman–Crippen MR) is 89.6 cm³/mol. The van der Waals surface area contributed by atoms with E-state index in [2.05, 4.69) is 17.2 Å². The first-order chi connectivity index (χ1) is 11.6. The Morgan fingerprint density at radius 3 is 2.58 bits per heavy atom. The number of rotatable bonds is 4. The van der Waals surface area contributed by atoms with Crippen LogP contribution in [0.1, 0.15) is 27.0 Å². The van der Waals surface area contributed by atoms with E-state index in [4.69, 9.17) is 9.84 Å². The molecule has 24 heavy (non-hydrogen) atoms. The second kappa shape index (κ2) is 8.39. The number of carboxylic acid groups (broad SMARTS) is 1. The molecule has 0 heterocycles. The summed E-state index contributed by atoms with van der Waals surface area (Å²) in [7, 11) is 0. The number of aryl methyl sites for hydroxylation is 1. The van der Waals surface area contributed by atoms with Gasteiger partial charge in [0.15, 0.2) is 0 Å². The molecule has 0 saturated heterocycles. The lowest BCUT2D eigenvalue weighted by atomic mass is 10.1. The second-order valence-electron chi connectivity index (χ2n) is 5.05. The van der Waals surface area contributed by atoms with Crippen LogP contribution in [-0.2, 0) is 11.3 Å². The Labute approximate surface area is 140 Å². The van der Waals surface area contributed by atoms with Gasteiger partial charge in [-0.2, -0.15) is 0 Å². The molecule has 0 aliphatic carbocycles. The van der Waals surface area contributed by atoms with E-state index < -0.39 is 12.1 Å². The standard InChI is InChI=1S/C19H17NO4/c1-14-12-17(18(21)22)10-9-16(14)8-5-11-20-19(23)24-13-15-6-3-2-4-7-15/h2-4,6-7,9-10,12H,11,13H2,1H3,(H,20,23)(H,21,22). The van der Waals surface area contributed by atoms with Crippen molar-refractivity contribution in [1.82, 2.24) is 5.32 Å². The number of hydrogen-bond donors (Lipinski definition) is 2. The third kappa shape index (κ3) is 5.18.